The van der Waals surface area contributed by atoms with E-state index in [0.717, 1.165) is 0 Å². The standard InChI is InChI=1S/C14H14FNOS2/c1-14(2,3)16-12(17)11(19-13(16)18)8-9-6-4-5-7-10(9)15/h4-8H,1-3H3. The highest BCUT2D eigenvalue weighted by molar-refractivity contribution is 8.26. The monoisotopic (exact) mass is 295 g/mol. The van der Waals surface area contributed by atoms with Gasteiger partial charge in [-0.1, -0.05) is 42.2 Å². The van der Waals surface area contributed by atoms with Crippen LogP contribution in [0.3, 0.4) is 0 Å². The molecule has 0 N–H and O–H groups in total. The van der Waals surface area contributed by atoms with Crippen molar-refractivity contribution in [3.05, 3.63) is 40.6 Å². The lowest BCUT2D eigenvalue weighted by Gasteiger charge is -2.30. The molecule has 100 valence electrons. The van der Waals surface area contributed by atoms with Gasteiger partial charge in [-0.05, 0) is 32.9 Å². The summed E-state index contributed by atoms with van der Waals surface area (Å²) in [7, 11) is 0. The van der Waals surface area contributed by atoms with Crippen LogP contribution >= 0.6 is 24.0 Å². The molecule has 0 unspecified atom stereocenters. The average Bonchev–Trinajstić information content (AvgIpc) is 2.56. The van der Waals surface area contributed by atoms with Gasteiger partial charge in [-0.15, -0.1) is 0 Å². The van der Waals surface area contributed by atoms with Crippen LogP contribution in [-0.4, -0.2) is 20.7 Å². The lowest BCUT2D eigenvalue weighted by atomic mass is 10.1. The van der Waals surface area contributed by atoms with E-state index in [4.69, 9.17) is 12.2 Å². The molecule has 0 bridgehead atoms. The second-order valence-electron chi connectivity index (χ2n) is 5.21. The Morgan fingerprint density at radius 2 is 1.95 bits per heavy atom. The minimum absolute atomic E-state index is 0.161. The van der Waals surface area contributed by atoms with Crippen LogP contribution in [-0.2, 0) is 4.79 Å². The second kappa shape index (κ2) is 5.06. The van der Waals surface area contributed by atoms with Gasteiger partial charge in [0.2, 0.25) is 0 Å². The Balaban J connectivity index is 2.37. The number of rotatable bonds is 1. The fourth-order valence-electron chi connectivity index (χ4n) is 1.78. The van der Waals surface area contributed by atoms with Crippen LogP contribution in [0, 0.1) is 5.82 Å². The van der Waals surface area contributed by atoms with Crippen LogP contribution in [0.1, 0.15) is 26.3 Å². The Labute approximate surface area is 121 Å². The molecule has 1 amide bonds. The molecule has 1 aromatic rings. The lowest BCUT2D eigenvalue weighted by Crippen LogP contribution is -2.44. The molecule has 1 aliphatic heterocycles. The predicted molar refractivity (Wildman–Crippen MR) is 81.2 cm³/mol. The summed E-state index contributed by atoms with van der Waals surface area (Å²) in [6.45, 7) is 5.76. The van der Waals surface area contributed by atoms with E-state index < -0.39 is 0 Å². The van der Waals surface area contributed by atoms with Gasteiger partial charge in [0.25, 0.3) is 5.91 Å². The first-order valence-corrected chi connectivity index (χ1v) is 7.06. The van der Waals surface area contributed by atoms with Crippen LogP contribution in [0.25, 0.3) is 6.08 Å². The zero-order valence-electron chi connectivity index (χ0n) is 10.9. The molecule has 1 aromatic carbocycles. The summed E-state index contributed by atoms with van der Waals surface area (Å²) >= 11 is 6.44. The van der Waals surface area contributed by atoms with E-state index in [1.165, 1.54) is 17.8 Å². The molecule has 2 rings (SSSR count). The molecule has 1 fully saturated rings. The molecular formula is C14H14FNOS2. The number of thioether (sulfide) groups is 1. The number of hydrogen-bond donors (Lipinski definition) is 0. The van der Waals surface area contributed by atoms with Crippen molar-refractivity contribution in [1.82, 2.24) is 4.90 Å². The van der Waals surface area contributed by atoms with Crippen molar-refractivity contribution in [3.63, 3.8) is 0 Å². The Morgan fingerprint density at radius 1 is 1.32 bits per heavy atom. The van der Waals surface area contributed by atoms with E-state index in [9.17, 15) is 9.18 Å². The zero-order chi connectivity index (χ0) is 14.2. The number of carbonyl (C=O) groups excluding carboxylic acids is 1. The lowest BCUT2D eigenvalue weighted by molar-refractivity contribution is -0.125. The number of halogens is 1. The van der Waals surface area contributed by atoms with E-state index in [0.29, 0.717) is 14.8 Å². The molecule has 0 spiro atoms. The van der Waals surface area contributed by atoms with E-state index in [2.05, 4.69) is 0 Å². The minimum atomic E-state index is -0.369. The van der Waals surface area contributed by atoms with Gasteiger partial charge in [-0.2, -0.15) is 0 Å². The Bertz CT molecular complexity index is 575. The molecule has 0 aromatic heterocycles. The van der Waals surface area contributed by atoms with Crippen molar-refractivity contribution in [1.29, 1.82) is 0 Å². The average molecular weight is 295 g/mol. The van der Waals surface area contributed by atoms with Crippen molar-refractivity contribution >= 4 is 40.3 Å². The van der Waals surface area contributed by atoms with Crippen LogP contribution in [0.5, 0.6) is 0 Å². The molecule has 2 nitrogen and oxygen atoms in total. The van der Waals surface area contributed by atoms with Gasteiger partial charge in [-0.3, -0.25) is 9.69 Å². The van der Waals surface area contributed by atoms with Crippen molar-refractivity contribution in [3.8, 4) is 0 Å². The third-order valence-corrected chi connectivity index (χ3v) is 3.96. The predicted octanol–water partition coefficient (Wildman–Crippen LogP) is 3.83. The fraction of sp³-hybridized carbons (Fsp3) is 0.286. The van der Waals surface area contributed by atoms with Crippen LogP contribution in [0.15, 0.2) is 29.2 Å². The van der Waals surface area contributed by atoms with Gasteiger partial charge in [0, 0.05) is 11.1 Å². The van der Waals surface area contributed by atoms with Gasteiger partial charge in [0.1, 0.15) is 10.1 Å². The van der Waals surface area contributed by atoms with E-state index in [1.807, 2.05) is 20.8 Å². The zero-order valence-corrected chi connectivity index (χ0v) is 12.6. The molecule has 0 radical (unpaired) electrons. The van der Waals surface area contributed by atoms with Crippen LogP contribution < -0.4 is 0 Å². The van der Waals surface area contributed by atoms with Gasteiger partial charge >= 0.3 is 0 Å². The summed E-state index contributed by atoms with van der Waals surface area (Å²) in [6.07, 6.45) is 1.56. The summed E-state index contributed by atoms with van der Waals surface area (Å²) in [5.41, 5.74) is 0.0309. The third-order valence-electron chi connectivity index (χ3n) is 2.66. The van der Waals surface area contributed by atoms with Gasteiger partial charge < -0.3 is 0 Å². The first-order chi connectivity index (χ1) is 8.80. The Morgan fingerprint density at radius 3 is 2.47 bits per heavy atom. The molecule has 0 atom stereocenters. The van der Waals surface area contributed by atoms with Crippen LogP contribution in [0.4, 0.5) is 4.39 Å². The first kappa shape index (κ1) is 14.2. The summed E-state index contributed by atoms with van der Waals surface area (Å²) in [5, 5.41) is 0. The molecule has 0 saturated carbocycles. The van der Waals surface area contributed by atoms with Gasteiger partial charge in [0.05, 0.1) is 4.91 Å². The number of amides is 1. The van der Waals surface area contributed by atoms with E-state index in [1.54, 1.807) is 29.2 Å². The summed E-state index contributed by atoms with van der Waals surface area (Å²) in [5.74, 6) is -0.505. The topological polar surface area (TPSA) is 20.3 Å². The smallest absolute Gasteiger partial charge is 0.266 e. The Hall–Kier alpha value is -1.20. The normalized spacial score (nSPS) is 18.5. The highest BCUT2D eigenvalue weighted by atomic mass is 32.2. The number of benzene rings is 1. The summed E-state index contributed by atoms with van der Waals surface area (Å²) in [6, 6.07) is 6.36. The van der Waals surface area contributed by atoms with Crippen LogP contribution in [0.2, 0.25) is 0 Å². The maximum Gasteiger partial charge on any atom is 0.266 e. The fourth-order valence-corrected chi connectivity index (χ4v) is 3.41. The molecule has 0 aliphatic carbocycles. The summed E-state index contributed by atoms with van der Waals surface area (Å²) in [4.78, 5) is 14.3. The van der Waals surface area contributed by atoms with Crippen molar-refractivity contribution in [2.24, 2.45) is 0 Å². The quantitative estimate of drug-likeness (QED) is 0.580. The minimum Gasteiger partial charge on any atom is -0.288 e. The molecule has 1 heterocycles. The SMILES string of the molecule is CC(C)(C)N1C(=O)C(=Cc2ccccc2F)SC1=S. The molecule has 19 heavy (non-hydrogen) atoms. The summed E-state index contributed by atoms with van der Waals surface area (Å²) < 4.78 is 14.1. The number of hydrogen-bond acceptors (Lipinski definition) is 3. The Kier molecular flexibility index (Phi) is 3.78. The van der Waals surface area contributed by atoms with Gasteiger partial charge in [-0.25, -0.2) is 4.39 Å². The van der Waals surface area contributed by atoms with Crippen molar-refractivity contribution < 1.29 is 9.18 Å². The molecule has 1 saturated heterocycles. The van der Waals surface area contributed by atoms with Crippen molar-refractivity contribution in [2.75, 3.05) is 0 Å². The maximum absolute atomic E-state index is 13.6. The molecule has 1 aliphatic rings. The highest BCUT2D eigenvalue weighted by Gasteiger charge is 2.39. The third kappa shape index (κ3) is 2.87. The second-order valence-corrected chi connectivity index (χ2v) is 6.89. The molecule has 5 heteroatoms. The number of thiocarbonyl (C=S) groups is 1. The van der Waals surface area contributed by atoms with E-state index >= 15 is 0 Å². The van der Waals surface area contributed by atoms with Gasteiger partial charge in [0.15, 0.2) is 0 Å². The first-order valence-electron chi connectivity index (χ1n) is 5.83. The largest absolute Gasteiger partial charge is 0.288 e. The molecular weight excluding hydrogens is 281 g/mol. The van der Waals surface area contributed by atoms with E-state index in [-0.39, 0.29) is 17.3 Å². The maximum atomic E-state index is 13.6. The number of nitrogens with zero attached hydrogens (tertiary/aromatic N) is 1. The number of carbonyl (C=O) groups is 1. The van der Waals surface area contributed by atoms with Crippen molar-refractivity contribution in [2.45, 2.75) is 26.3 Å². The highest BCUT2D eigenvalue weighted by Crippen LogP contribution is 2.36.